The van der Waals surface area contributed by atoms with Crippen molar-refractivity contribution in [3.63, 3.8) is 0 Å². The molecule has 0 bridgehead atoms. The Kier molecular flexibility index (Phi) is 7.74. The minimum atomic E-state index is -3.41. The molecule has 2 N–H and O–H groups in total. The van der Waals surface area contributed by atoms with Crippen molar-refractivity contribution in [2.24, 2.45) is 11.1 Å². The van der Waals surface area contributed by atoms with Gasteiger partial charge in [0.1, 0.15) is 24.6 Å². The summed E-state index contributed by atoms with van der Waals surface area (Å²) >= 11 is 1.13. The van der Waals surface area contributed by atoms with Crippen LogP contribution in [-0.2, 0) is 32.6 Å². The van der Waals surface area contributed by atoms with Gasteiger partial charge in [-0.25, -0.2) is 9.67 Å². The van der Waals surface area contributed by atoms with Gasteiger partial charge in [-0.05, 0) is 13.8 Å². The van der Waals surface area contributed by atoms with Crippen LogP contribution < -0.4 is 5.73 Å². The van der Waals surface area contributed by atoms with Crippen molar-refractivity contribution in [3.8, 4) is 0 Å². The molecule has 3 rings (SSSR count). The highest BCUT2D eigenvalue weighted by Crippen LogP contribution is 2.47. The van der Waals surface area contributed by atoms with Crippen LogP contribution >= 0.6 is 19.4 Å². The molecule has 186 valence electrons. The molecule has 0 radical (unpaired) electrons. The van der Waals surface area contributed by atoms with Crippen LogP contribution in [0.4, 0.5) is 0 Å². The monoisotopic (exact) mass is 506 g/mol. The van der Waals surface area contributed by atoms with E-state index in [4.69, 9.17) is 29.0 Å². The van der Waals surface area contributed by atoms with Crippen molar-refractivity contribution < 1.29 is 37.4 Å². The van der Waals surface area contributed by atoms with Crippen LogP contribution in [0.5, 0.6) is 0 Å². The summed E-state index contributed by atoms with van der Waals surface area (Å²) in [6.45, 7) is 10.4. The number of carbonyl (C=O) groups is 2. The van der Waals surface area contributed by atoms with Crippen molar-refractivity contribution in [2.75, 3.05) is 25.6 Å². The van der Waals surface area contributed by atoms with E-state index in [0.29, 0.717) is 5.75 Å². The van der Waals surface area contributed by atoms with Crippen LogP contribution in [0, 0.1) is 5.41 Å². The molecule has 1 aromatic rings. The summed E-state index contributed by atoms with van der Waals surface area (Å²) in [6, 6.07) is 0. The quantitative estimate of drug-likeness (QED) is 0.386. The zero-order chi connectivity index (χ0) is 24.6. The Morgan fingerprint density at radius 3 is 2.55 bits per heavy atom. The standard InChI is InChI=1S/C19H31N4O8PS/c1-18(2,3)17(25)33-8-7-27-32(6,26)28-9-11-12-13(31-19(4,5)30-12)16(29-11)23-10-21-15(22-23)14(20)24/h10-13,16H,7-9H2,1-6H3,(H2,20,24)/t11-,12+,13?,16-,32?/m1/s1. The van der Waals surface area contributed by atoms with E-state index in [2.05, 4.69) is 10.1 Å². The molecule has 2 fully saturated rings. The summed E-state index contributed by atoms with van der Waals surface area (Å²) in [5.41, 5.74) is 4.77. The summed E-state index contributed by atoms with van der Waals surface area (Å²) in [4.78, 5) is 27.2. The highest BCUT2D eigenvalue weighted by Gasteiger charge is 2.56. The number of nitrogens with zero attached hydrogens (tertiary/aromatic N) is 3. The van der Waals surface area contributed by atoms with Crippen molar-refractivity contribution in [1.82, 2.24) is 14.8 Å². The van der Waals surface area contributed by atoms with Crippen LogP contribution in [0.2, 0.25) is 0 Å². The topological polar surface area (TPSA) is 154 Å². The highest BCUT2D eigenvalue weighted by molar-refractivity contribution is 8.13. The molecule has 2 unspecified atom stereocenters. The molecule has 2 aliphatic rings. The molecular weight excluding hydrogens is 475 g/mol. The minimum absolute atomic E-state index is 0.0306. The van der Waals surface area contributed by atoms with Gasteiger partial charge in [0.25, 0.3) is 5.91 Å². The SMILES string of the molecule is CC1(C)OC2[C@@H](O1)[C@@H](COP(C)(=O)OCCSC(=O)C(C)(C)C)O[C@H]2n1cnc(C(N)=O)n1. The molecule has 2 aliphatic heterocycles. The zero-order valence-corrected chi connectivity index (χ0v) is 21.3. The lowest BCUT2D eigenvalue weighted by atomic mass is 10.00. The molecule has 0 aliphatic carbocycles. The smallest absolute Gasteiger partial charge is 0.327 e. The zero-order valence-electron chi connectivity index (χ0n) is 19.5. The average molecular weight is 507 g/mol. The van der Waals surface area contributed by atoms with Gasteiger partial charge in [-0.15, -0.1) is 5.10 Å². The van der Waals surface area contributed by atoms with Gasteiger partial charge in [0, 0.05) is 17.8 Å². The third kappa shape index (κ3) is 6.62. The molecule has 2 saturated heterocycles. The maximum absolute atomic E-state index is 12.7. The van der Waals surface area contributed by atoms with Gasteiger partial charge in [0.05, 0.1) is 13.2 Å². The van der Waals surface area contributed by atoms with E-state index in [1.54, 1.807) is 13.8 Å². The van der Waals surface area contributed by atoms with Gasteiger partial charge in [-0.3, -0.25) is 14.2 Å². The van der Waals surface area contributed by atoms with Crippen molar-refractivity contribution in [3.05, 3.63) is 12.2 Å². The maximum Gasteiger partial charge on any atom is 0.327 e. The molecule has 1 aromatic heterocycles. The second kappa shape index (κ2) is 9.73. The summed E-state index contributed by atoms with van der Waals surface area (Å²) in [5, 5.41) is 4.08. The van der Waals surface area contributed by atoms with E-state index in [9.17, 15) is 14.2 Å². The average Bonchev–Trinajstić information content (AvgIpc) is 3.36. The Hall–Kier alpha value is -1.34. The van der Waals surface area contributed by atoms with E-state index < -0.39 is 49.2 Å². The Balaban J connectivity index is 1.57. The predicted octanol–water partition coefficient (Wildman–Crippen LogP) is 1.96. The van der Waals surface area contributed by atoms with Gasteiger partial charge in [-0.2, -0.15) is 0 Å². The molecule has 0 aromatic carbocycles. The number of amides is 1. The summed E-state index contributed by atoms with van der Waals surface area (Å²) < 4.78 is 42.9. The number of nitrogens with two attached hydrogens (primary N) is 1. The van der Waals surface area contributed by atoms with Gasteiger partial charge < -0.3 is 29.0 Å². The molecule has 0 spiro atoms. The fraction of sp³-hybridized carbons (Fsp3) is 0.789. The van der Waals surface area contributed by atoms with Gasteiger partial charge in [0.2, 0.25) is 5.82 Å². The minimum Gasteiger partial charge on any atom is -0.363 e. The molecule has 5 atom stereocenters. The van der Waals surface area contributed by atoms with Crippen LogP contribution in [0.25, 0.3) is 0 Å². The van der Waals surface area contributed by atoms with Crippen LogP contribution in [0.3, 0.4) is 0 Å². The van der Waals surface area contributed by atoms with Gasteiger partial charge in [-0.1, -0.05) is 32.5 Å². The van der Waals surface area contributed by atoms with Crippen LogP contribution in [0.15, 0.2) is 6.33 Å². The van der Waals surface area contributed by atoms with Gasteiger partial charge in [0.15, 0.2) is 17.1 Å². The lowest BCUT2D eigenvalue weighted by molar-refractivity contribution is -0.200. The Bertz CT molecular complexity index is 933. The third-order valence-electron chi connectivity index (χ3n) is 4.84. The Morgan fingerprint density at radius 1 is 1.27 bits per heavy atom. The third-order valence-corrected chi connectivity index (χ3v) is 7.36. The fourth-order valence-electron chi connectivity index (χ4n) is 3.32. The van der Waals surface area contributed by atoms with E-state index in [1.165, 1.54) is 17.7 Å². The van der Waals surface area contributed by atoms with E-state index in [1.807, 2.05) is 20.8 Å². The Morgan fingerprint density at radius 2 is 1.94 bits per heavy atom. The molecule has 12 nitrogen and oxygen atoms in total. The summed E-state index contributed by atoms with van der Waals surface area (Å²) in [6.07, 6.45) is -1.16. The number of hydrogen-bond acceptors (Lipinski definition) is 11. The fourth-order valence-corrected chi connectivity index (χ4v) is 5.14. The second-order valence-electron chi connectivity index (χ2n) is 9.33. The largest absolute Gasteiger partial charge is 0.363 e. The molecule has 1 amide bonds. The van der Waals surface area contributed by atoms with Crippen LogP contribution in [-0.4, -0.2) is 75.5 Å². The lowest BCUT2D eigenvalue weighted by Gasteiger charge is -2.24. The van der Waals surface area contributed by atoms with Crippen LogP contribution in [0.1, 0.15) is 51.5 Å². The molecule has 3 heterocycles. The van der Waals surface area contributed by atoms with E-state index >= 15 is 0 Å². The number of primary amides is 1. The lowest BCUT2D eigenvalue weighted by Crippen LogP contribution is -2.32. The van der Waals surface area contributed by atoms with Crippen molar-refractivity contribution >= 4 is 30.4 Å². The first-order chi connectivity index (χ1) is 15.2. The molecule has 14 heteroatoms. The first-order valence-corrected chi connectivity index (χ1v) is 13.4. The maximum atomic E-state index is 12.7. The number of carbonyl (C=O) groups excluding carboxylic acids is 2. The van der Waals surface area contributed by atoms with E-state index in [0.717, 1.165) is 11.8 Å². The first-order valence-electron chi connectivity index (χ1n) is 10.4. The molecule has 0 saturated carbocycles. The number of hydrogen-bond donors (Lipinski definition) is 1. The molecular formula is C19H31N4O8PS. The highest BCUT2D eigenvalue weighted by atomic mass is 32.2. The van der Waals surface area contributed by atoms with Gasteiger partial charge >= 0.3 is 7.60 Å². The number of thioether (sulfide) groups is 1. The number of aromatic nitrogens is 3. The normalized spacial score (nSPS) is 28.4. The van der Waals surface area contributed by atoms with Crippen molar-refractivity contribution in [2.45, 2.75) is 64.9 Å². The van der Waals surface area contributed by atoms with E-state index in [-0.39, 0.29) is 24.2 Å². The second-order valence-corrected chi connectivity index (χ2v) is 12.5. The molecule has 33 heavy (non-hydrogen) atoms. The van der Waals surface area contributed by atoms with Crippen molar-refractivity contribution in [1.29, 1.82) is 0 Å². The summed E-state index contributed by atoms with van der Waals surface area (Å²) in [7, 11) is -3.41. The summed E-state index contributed by atoms with van der Waals surface area (Å²) in [5.74, 6) is -1.43. The number of fused-ring (bicyclic) bond motifs is 1. The number of ether oxygens (including phenoxy) is 3. The first kappa shape index (κ1) is 26.3. The predicted molar refractivity (Wildman–Crippen MR) is 119 cm³/mol. The number of rotatable bonds is 9. The Labute approximate surface area is 196 Å².